The van der Waals surface area contributed by atoms with Crippen LogP contribution in [0.1, 0.15) is 31.9 Å². The molecule has 0 bridgehead atoms. The summed E-state index contributed by atoms with van der Waals surface area (Å²) in [7, 11) is -4.64. The summed E-state index contributed by atoms with van der Waals surface area (Å²) in [6, 6.07) is 6.33. The molecule has 0 amide bonds. The molecule has 0 spiro atoms. The zero-order valence-electron chi connectivity index (χ0n) is 10.9. The summed E-state index contributed by atoms with van der Waals surface area (Å²) >= 11 is 0. The first kappa shape index (κ1) is 15.1. The molecular weight excluding hydrogens is 253 g/mol. The summed E-state index contributed by atoms with van der Waals surface area (Å²) < 4.78 is 8.88. The number of hydrogen-bond donors (Lipinski definition) is 3. The molecule has 1 aliphatic rings. The number of phosphoric acid groups is 1. The van der Waals surface area contributed by atoms with Crippen LogP contribution in [0.3, 0.4) is 0 Å². The molecule has 1 heterocycles. The first-order valence-electron chi connectivity index (χ1n) is 5.47. The molecule has 0 unspecified atom stereocenters. The molecule has 0 saturated carbocycles. The van der Waals surface area contributed by atoms with Gasteiger partial charge in [-0.15, -0.1) is 0 Å². The van der Waals surface area contributed by atoms with Gasteiger partial charge in [0, 0.05) is 11.1 Å². The van der Waals surface area contributed by atoms with Gasteiger partial charge in [0.05, 0.1) is 5.69 Å². The summed E-state index contributed by atoms with van der Waals surface area (Å²) in [6.07, 6.45) is 0. The summed E-state index contributed by atoms with van der Waals surface area (Å²) in [6.45, 7) is 8.75. The predicted octanol–water partition coefficient (Wildman–Crippen LogP) is 2.45. The molecule has 18 heavy (non-hydrogen) atoms. The maximum atomic E-state index is 8.88. The van der Waals surface area contributed by atoms with Gasteiger partial charge in [-0.1, -0.05) is 26.0 Å². The molecule has 5 nitrogen and oxygen atoms in total. The Morgan fingerprint density at radius 3 is 2.11 bits per heavy atom. The minimum absolute atomic E-state index is 0.126. The van der Waals surface area contributed by atoms with E-state index in [0.29, 0.717) is 0 Å². The molecule has 1 aromatic carbocycles. The Morgan fingerprint density at radius 2 is 1.67 bits per heavy atom. The van der Waals surface area contributed by atoms with Crippen LogP contribution in [0.15, 0.2) is 23.2 Å². The van der Waals surface area contributed by atoms with Gasteiger partial charge in [-0.3, -0.25) is 4.99 Å². The summed E-state index contributed by atoms with van der Waals surface area (Å²) in [5, 5.41) is 0. The molecule has 6 heteroatoms. The molecule has 3 N–H and O–H groups in total. The average Bonchev–Trinajstić information content (AvgIpc) is 2.36. The van der Waals surface area contributed by atoms with Gasteiger partial charge in [0.1, 0.15) is 0 Å². The van der Waals surface area contributed by atoms with E-state index in [0.717, 1.165) is 5.69 Å². The van der Waals surface area contributed by atoms with Gasteiger partial charge < -0.3 is 14.7 Å². The number of benzene rings is 1. The maximum Gasteiger partial charge on any atom is 0.466 e. The molecule has 0 radical (unpaired) electrons. The van der Waals surface area contributed by atoms with E-state index < -0.39 is 7.82 Å². The number of fused-ring (bicyclic) bond motifs is 1. The lowest BCUT2D eigenvalue weighted by atomic mass is 9.80. The normalized spacial score (nSPS) is 16.5. The third-order valence-corrected chi connectivity index (χ3v) is 3.07. The highest BCUT2D eigenvalue weighted by atomic mass is 31.2. The Morgan fingerprint density at radius 1 is 1.17 bits per heavy atom. The molecule has 0 saturated heterocycles. The zero-order chi connectivity index (χ0) is 14.1. The van der Waals surface area contributed by atoms with E-state index >= 15 is 0 Å². The quantitative estimate of drug-likeness (QED) is 0.632. The average molecular weight is 271 g/mol. The molecule has 100 valence electrons. The SMILES string of the molecule is CC1=Nc2cccc(C)c2C1(C)C.O=P(O)(O)O. The molecular formula is C12H18NO4P. The van der Waals surface area contributed by atoms with E-state index in [9.17, 15) is 0 Å². The summed E-state index contributed by atoms with van der Waals surface area (Å²) in [4.78, 5) is 26.1. The minimum Gasteiger partial charge on any atom is -0.303 e. The highest BCUT2D eigenvalue weighted by molar-refractivity contribution is 7.45. The standard InChI is InChI=1S/C12H15N.H3O4P/c1-8-6-5-7-10-11(8)12(3,4)9(2)13-10;1-5(2,3)4/h5-7H,1-4H3;(H3,1,2,3,4). The zero-order valence-corrected chi connectivity index (χ0v) is 11.8. The number of nitrogens with zero attached hydrogens (tertiary/aromatic N) is 1. The highest BCUT2D eigenvalue weighted by Crippen LogP contribution is 2.41. The Balaban J connectivity index is 0.000000280. The second-order valence-corrected chi connectivity index (χ2v) is 5.83. The number of aliphatic imine (C=N–C) groups is 1. The highest BCUT2D eigenvalue weighted by Gasteiger charge is 2.32. The van der Waals surface area contributed by atoms with Crippen LogP contribution in [-0.2, 0) is 9.98 Å². The Labute approximate surface area is 106 Å². The smallest absolute Gasteiger partial charge is 0.303 e. The van der Waals surface area contributed by atoms with Crippen molar-refractivity contribution in [3.05, 3.63) is 29.3 Å². The van der Waals surface area contributed by atoms with Gasteiger partial charge in [-0.2, -0.15) is 0 Å². The van der Waals surface area contributed by atoms with Crippen LogP contribution in [0, 0.1) is 6.92 Å². The topological polar surface area (TPSA) is 90.1 Å². The fourth-order valence-corrected chi connectivity index (χ4v) is 2.06. The van der Waals surface area contributed by atoms with Crippen LogP contribution < -0.4 is 0 Å². The minimum atomic E-state index is -4.64. The Hall–Kier alpha value is -1.00. The fourth-order valence-electron chi connectivity index (χ4n) is 2.06. The second-order valence-electron chi connectivity index (χ2n) is 4.80. The van der Waals surface area contributed by atoms with Gasteiger partial charge in [0.25, 0.3) is 0 Å². The van der Waals surface area contributed by atoms with Gasteiger partial charge in [0.2, 0.25) is 0 Å². The summed E-state index contributed by atoms with van der Waals surface area (Å²) in [5.74, 6) is 0. The number of aryl methyl sites for hydroxylation is 1. The molecule has 0 atom stereocenters. The van der Waals surface area contributed by atoms with Crippen molar-refractivity contribution in [1.29, 1.82) is 0 Å². The molecule has 1 aromatic rings. The fraction of sp³-hybridized carbons (Fsp3) is 0.417. The van der Waals surface area contributed by atoms with E-state index in [-0.39, 0.29) is 5.41 Å². The van der Waals surface area contributed by atoms with E-state index in [1.807, 2.05) is 0 Å². The molecule has 0 fully saturated rings. The van der Waals surface area contributed by atoms with E-state index in [1.165, 1.54) is 16.8 Å². The van der Waals surface area contributed by atoms with E-state index in [1.54, 1.807) is 0 Å². The van der Waals surface area contributed by atoms with Crippen molar-refractivity contribution in [3.63, 3.8) is 0 Å². The largest absolute Gasteiger partial charge is 0.466 e. The van der Waals surface area contributed by atoms with Crippen molar-refractivity contribution >= 4 is 19.2 Å². The molecule has 2 rings (SSSR count). The van der Waals surface area contributed by atoms with Crippen molar-refractivity contribution in [1.82, 2.24) is 0 Å². The monoisotopic (exact) mass is 271 g/mol. The van der Waals surface area contributed by atoms with E-state index in [4.69, 9.17) is 19.2 Å². The van der Waals surface area contributed by atoms with Crippen LogP contribution in [0.25, 0.3) is 0 Å². The van der Waals surface area contributed by atoms with Crippen LogP contribution in [0.5, 0.6) is 0 Å². The van der Waals surface area contributed by atoms with Gasteiger partial charge in [-0.05, 0) is 31.0 Å². The summed E-state index contributed by atoms with van der Waals surface area (Å²) in [5.41, 5.74) is 5.25. The third kappa shape index (κ3) is 3.50. The Kier molecular flexibility index (Phi) is 4.13. The Bertz CT molecular complexity index is 523. The lowest BCUT2D eigenvalue weighted by molar-refractivity contribution is 0.275. The van der Waals surface area contributed by atoms with Crippen LogP contribution >= 0.6 is 7.82 Å². The maximum absolute atomic E-state index is 8.88. The van der Waals surface area contributed by atoms with Crippen molar-refractivity contribution in [2.24, 2.45) is 4.99 Å². The molecule has 1 aliphatic heterocycles. The van der Waals surface area contributed by atoms with Gasteiger partial charge in [-0.25, -0.2) is 4.57 Å². The van der Waals surface area contributed by atoms with Gasteiger partial charge >= 0.3 is 7.82 Å². The first-order valence-corrected chi connectivity index (χ1v) is 7.04. The predicted molar refractivity (Wildman–Crippen MR) is 71.2 cm³/mol. The van der Waals surface area contributed by atoms with Crippen molar-refractivity contribution in [3.8, 4) is 0 Å². The lowest BCUT2D eigenvalue weighted by Crippen LogP contribution is -2.23. The third-order valence-electron chi connectivity index (χ3n) is 3.07. The molecule has 0 aromatic heterocycles. The van der Waals surface area contributed by atoms with Crippen molar-refractivity contribution in [2.45, 2.75) is 33.1 Å². The van der Waals surface area contributed by atoms with Crippen molar-refractivity contribution in [2.75, 3.05) is 0 Å². The van der Waals surface area contributed by atoms with Crippen LogP contribution in [0.4, 0.5) is 5.69 Å². The molecule has 0 aliphatic carbocycles. The first-order chi connectivity index (χ1) is 8.03. The van der Waals surface area contributed by atoms with Crippen molar-refractivity contribution < 1.29 is 19.2 Å². The number of hydrogen-bond acceptors (Lipinski definition) is 2. The van der Waals surface area contributed by atoms with Gasteiger partial charge in [0.15, 0.2) is 0 Å². The van der Waals surface area contributed by atoms with Crippen LogP contribution in [-0.4, -0.2) is 20.4 Å². The lowest BCUT2D eigenvalue weighted by Gasteiger charge is -2.21. The van der Waals surface area contributed by atoms with Crippen LogP contribution in [0.2, 0.25) is 0 Å². The van der Waals surface area contributed by atoms with E-state index in [2.05, 4.69) is 50.9 Å². The number of rotatable bonds is 0. The second kappa shape index (κ2) is 4.94.